The maximum Gasteiger partial charge on any atom is 0.410 e. The number of halogens is 1. The first kappa shape index (κ1) is 23.8. The fourth-order valence-electron chi connectivity index (χ4n) is 4.21. The van der Waals surface area contributed by atoms with Crippen LogP contribution >= 0.6 is 12.0 Å². The van der Waals surface area contributed by atoms with Crippen LogP contribution in [0.3, 0.4) is 0 Å². The van der Waals surface area contributed by atoms with Crippen molar-refractivity contribution in [1.29, 1.82) is 0 Å². The van der Waals surface area contributed by atoms with Gasteiger partial charge in [0.25, 0.3) is 0 Å². The Morgan fingerprint density at radius 2 is 1.85 bits per heavy atom. The number of nitrogens with zero attached hydrogens (tertiary/aromatic N) is 4. The second-order valence-electron chi connectivity index (χ2n) is 8.54. The molecule has 2 aliphatic rings. The molecular formula is C22H29FN4O5S. The predicted octanol–water partition coefficient (Wildman–Crippen LogP) is 4.51. The van der Waals surface area contributed by atoms with Crippen molar-refractivity contribution in [3.63, 3.8) is 0 Å². The number of hydrogen-bond acceptors (Lipinski definition) is 9. The number of carbonyl (C=O) groups excluding carboxylic acids is 1. The molecule has 11 heteroatoms. The Balaban J connectivity index is 1.32. The van der Waals surface area contributed by atoms with Gasteiger partial charge in [-0.15, -0.1) is 10.2 Å². The summed E-state index contributed by atoms with van der Waals surface area (Å²) < 4.78 is 30.7. The first-order valence-electron chi connectivity index (χ1n) is 11.1. The van der Waals surface area contributed by atoms with E-state index >= 15 is 0 Å². The van der Waals surface area contributed by atoms with Gasteiger partial charge in [-0.2, -0.15) is 4.33 Å². The van der Waals surface area contributed by atoms with E-state index in [2.05, 4.69) is 15.1 Å². The minimum atomic E-state index is -0.311. The SMILES string of the molecule is COOSc1ccc(N2CC[C@H](c3nnc(C4CCN(C(=O)OC(C)C)CC4)o3)C2)c(F)c1. The highest BCUT2D eigenvalue weighted by atomic mass is 32.2. The van der Waals surface area contributed by atoms with E-state index in [1.165, 1.54) is 13.2 Å². The third-order valence-electron chi connectivity index (χ3n) is 5.89. The Hall–Kier alpha value is -2.37. The van der Waals surface area contributed by atoms with Gasteiger partial charge in [-0.3, -0.25) is 0 Å². The van der Waals surface area contributed by atoms with Gasteiger partial charge in [0.05, 0.1) is 36.9 Å². The van der Waals surface area contributed by atoms with Crippen LogP contribution in [0.2, 0.25) is 0 Å². The summed E-state index contributed by atoms with van der Waals surface area (Å²) >= 11 is 0.961. The first-order chi connectivity index (χ1) is 15.9. The minimum absolute atomic E-state index is 0.0534. The number of ether oxygens (including phenoxy) is 1. The molecule has 1 atom stereocenters. The third kappa shape index (κ3) is 5.77. The van der Waals surface area contributed by atoms with Crippen LogP contribution in [-0.2, 0) is 14.0 Å². The monoisotopic (exact) mass is 480 g/mol. The van der Waals surface area contributed by atoms with E-state index in [0.29, 0.717) is 48.5 Å². The number of hydrogen-bond donors (Lipinski definition) is 0. The molecule has 9 nitrogen and oxygen atoms in total. The van der Waals surface area contributed by atoms with Gasteiger partial charge in [0.2, 0.25) is 11.8 Å². The molecule has 0 saturated carbocycles. The minimum Gasteiger partial charge on any atom is -0.447 e. The number of rotatable bonds is 7. The molecule has 2 aliphatic heterocycles. The molecule has 33 heavy (non-hydrogen) atoms. The Labute approximate surface area is 196 Å². The molecule has 2 saturated heterocycles. The maximum atomic E-state index is 14.6. The highest BCUT2D eigenvalue weighted by Gasteiger charge is 2.32. The van der Waals surface area contributed by atoms with Gasteiger partial charge in [0, 0.05) is 37.0 Å². The zero-order valence-corrected chi connectivity index (χ0v) is 19.8. The van der Waals surface area contributed by atoms with Crippen molar-refractivity contribution in [2.75, 3.05) is 38.2 Å². The molecule has 0 spiro atoms. The molecule has 2 fully saturated rings. The van der Waals surface area contributed by atoms with Gasteiger partial charge < -0.3 is 19.0 Å². The quantitative estimate of drug-likeness (QED) is 0.322. The first-order valence-corrected chi connectivity index (χ1v) is 11.9. The van der Waals surface area contributed by atoms with E-state index in [4.69, 9.17) is 13.5 Å². The second-order valence-corrected chi connectivity index (χ2v) is 9.31. The number of benzene rings is 1. The van der Waals surface area contributed by atoms with Crippen LogP contribution in [0.1, 0.15) is 56.7 Å². The summed E-state index contributed by atoms with van der Waals surface area (Å²) in [5.74, 6) is 1.08. The molecular weight excluding hydrogens is 451 g/mol. The number of anilines is 1. The number of likely N-dealkylation sites (tertiary alicyclic amines) is 1. The van der Waals surface area contributed by atoms with E-state index in [1.54, 1.807) is 17.0 Å². The van der Waals surface area contributed by atoms with E-state index in [1.807, 2.05) is 18.7 Å². The summed E-state index contributed by atoms with van der Waals surface area (Å²) in [6.45, 7) is 6.21. The highest BCUT2D eigenvalue weighted by Crippen LogP contribution is 2.35. The average molecular weight is 481 g/mol. The maximum absolute atomic E-state index is 14.6. The van der Waals surface area contributed by atoms with Crippen LogP contribution in [-0.4, -0.2) is 60.6 Å². The van der Waals surface area contributed by atoms with Gasteiger partial charge in [0.1, 0.15) is 5.82 Å². The molecule has 1 aromatic heterocycles. The van der Waals surface area contributed by atoms with E-state index < -0.39 is 0 Å². The zero-order valence-electron chi connectivity index (χ0n) is 19.0. The van der Waals surface area contributed by atoms with Crippen LogP contribution in [0.5, 0.6) is 0 Å². The number of piperidine rings is 1. The summed E-state index contributed by atoms with van der Waals surface area (Å²) in [4.78, 5) is 21.0. The Bertz CT molecular complexity index is 951. The summed E-state index contributed by atoms with van der Waals surface area (Å²) in [6, 6.07) is 4.97. The van der Waals surface area contributed by atoms with Crippen molar-refractivity contribution in [3.05, 3.63) is 35.8 Å². The largest absolute Gasteiger partial charge is 0.447 e. The lowest BCUT2D eigenvalue weighted by Gasteiger charge is -2.30. The molecule has 0 N–H and O–H groups in total. The second kappa shape index (κ2) is 10.7. The topological polar surface area (TPSA) is 90.2 Å². The van der Waals surface area contributed by atoms with Crippen LogP contribution in [0.15, 0.2) is 27.5 Å². The van der Waals surface area contributed by atoms with Gasteiger partial charge in [0.15, 0.2) is 0 Å². The fraction of sp³-hybridized carbons (Fsp3) is 0.591. The number of aromatic nitrogens is 2. The lowest BCUT2D eigenvalue weighted by Crippen LogP contribution is -2.39. The van der Waals surface area contributed by atoms with Crippen molar-refractivity contribution < 1.29 is 27.6 Å². The number of carbonyl (C=O) groups is 1. The van der Waals surface area contributed by atoms with Gasteiger partial charge in [-0.1, -0.05) is 0 Å². The van der Waals surface area contributed by atoms with Crippen molar-refractivity contribution >= 4 is 23.8 Å². The van der Waals surface area contributed by atoms with Crippen molar-refractivity contribution in [1.82, 2.24) is 15.1 Å². The van der Waals surface area contributed by atoms with Crippen molar-refractivity contribution in [2.45, 2.75) is 55.9 Å². The molecule has 1 amide bonds. The highest BCUT2D eigenvalue weighted by molar-refractivity contribution is 7.94. The molecule has 180 valence electrons. The van der Waals surface area contributed by atoms with Gasteiger partial charge in [-0.05, 0) is 51.3 Å². The fourth-order valence-corrected chi connectivity index (χ4v) is 4.63. The molecule has 2 aromatic rings. The molecule has 3 heterocycles. The standard InChI is InChI=1S/C22H29FN4O5S/c1-14(2)30-22(28)26-9-6-15(7-10-26)20-24-25-21(31-20)16-8-11-27(13-16)19-5-4-17(12-18(19)23)33-32-29-3/h4-5,12,14-16H,6-11,13H2,1-3H3/t16-/m0/s1. The third-order valence-corrected chi connectivity index (χ3v) is 6.54. The summed E-state index contributed by atoms with van der Waals surface area (Å²) in [5.41, 5.74) is 0.541. The van der Waals surface area contributed by atoms with Crippen molar-refractivity contribution in [2.24, 2.45) is 0 Å². The normalized spacial score (nSPS) is 19.5. The van der Waals surface area contributed by atoms with Gasteiger partial charge >= 0.3 is 6.09 Å². The van der Waals surface area contributed by atoms with Gasteiger partial charge in [-0.25, -0.2) is 14.1 Å². The number of amides is 1. The lowest BCUT2D eigenvalue weighted by molar-refractivity contribution is -0.160. The van der Waals surface area contributed by atoms with E-state index in [9.17, 15) is 9.18 Å². The molecule has 1 aromatic carbocycles. The summed E-state index contributed by atoms with van der Waals surface area (Å²) in [7, 11) is 1.40. The zero-order chi connectivity index (χ0) is 23.4. The summed E-state index contributed by atoms with van der Waals surface area (Å²) in [5, 5.41) is 8.57. The van der Waals surface area contributed by atoms with Crippen molar-refractivity contribution in [3.8, 4) is 0 Å². The molecule has 0 bridgehead atoms. The average Bonchev–Trinajstić information content (AvgIpc) is 3.47. The van der Waals surface area contributed by atoms with Crippen LogP contribution < -0.4 is 4.90 Å². The molecule has 0 radical (unpaired) electrons. The van der Waals surface area contributed by atoms with E-state index in [-0.39, 0.29) is 29.9 Å². The smallest absolute Gasteiger partial charge is 0.410 e. The van der Waals surface area contributed by atoms with Crippen LogP contribution in [0.4, 0.5) is 14.9 Å². The molecule has 0 aliphatic carbocycles. The summed E-state index contributed by atoms with van der Waals surface area (Å²) in [6.07, 6.45) is 1.92. The van der Waals surface area contributed by atoms with Crippen LogP contribution in [0, 0.1) is 5.82 Å². The van der Waals surface area contributed by atoms with Crippen LogP contribution in [0.25, 0.3) is 0 Å². The predicted molar refractivity (Wildman–Crippen MR) is 119 cm³/mol. The Morgan fingerprint density at radius 3 is 2.52 bits per heavy atom. The van der Waals surface area contributed by atoms with E-state index in [0.717, 1.165) is 31.3 Å². The Kier molecular flexibility index (Phi) is 7.71. The molecule has 0 unspecified atom stereocenters. The Morgan fingerprint density at radius 1 is 1.15 bits per heavy atom. The lowest BCUT2D eigenvalue weighted by atomic mass is 9.97. The molecule has 4 rings (SSSR count).